The second-order valence-electron chi connectivity index (χ2n) is 4.09. The van der Waals surface area contributed by atoms with Crippen LogP contribution in [0.3, 0.4) is 0 Å². The summed E-state index contributed by atoms with van der Waals surface area (Å²) in [5, 5.41) is 11.9. The lowest BCUT2D eigenvalue weighted by Crippen LogP contribution is -2.17. The quantitative estimate of drug-likeness (QED) is 0.661. The van der Waals surface area contributed by atoms with E-state index in [-0.39, 0.29) is 6.61 Å². The maximum atomic E-state index is 8.72. The number of rotatable bonds is 9. The van der Waals surface area contributed by atoms with E-state index in [2.05, 4.69) is 12.2 Å². The maximum absolute atomic E-state index is 8.72. The summed E-state index contributed by atoms with van der Waals surface area (Å²) in [4.78, 5) is 0. The number of benzene rings is 1. The monoisotopic (exact) mass is 253 g/mol. The molecular formula is C14H23NO3. The van der Waals surface area contributed by atoms with E-state index in [4.69, 9.17) is 14.6 Å². The molecule has 4 nitrogen and oxygen atoms in total. The van der Waals surface area contributed by atoms with Crippen LogP contribution in [-0.4, -0.2) is 32.0 Å². The molecule has 1 aromatic rings. The van der Waals surface area contributed by atoms with Crippen molar-refractivity contribution in [1.29, 1.82) is 0 Å². The third-order valence-electron chi connectivity index (χ3n) is 2.60. The first-order valence-corrected chi connectivity index (χ1v) is 6.43. The number of unbranched alkanes of at least 4 members (excludes halogenated alkanes) is 1. The van der Waals surface area contributed by atoms with Crippen LogP contribution >= 0.6 is 0 Å². The molecule has 2 N–H and O–H groups in total. The molecule has 102 valence electrons. The molecule has 0 heterocycles. The smallest absolute Gasteiger partial charge is 0.161 e. The van der Waals surface area contributed by atoms with Crippen LogP contribution in [0.25, 0.3) is 0 Å². The van der Waals surface area contributed by atoms with E-state index in [0.717, 1.165) is 29.9 Å². The number of hydrogen-bond acceptors (Lipinski definition) is 4. The standard InChI is InChI=1S/C14H23NO3/c1-3-4-9-18-14-10-12(11-15-7-8-16)5-6-13(14)17-2/h5-6,10,15-16H,3-4,7-9,11H2,1-2H3. The second kappa shape index (κ2) is 8.78. The molecule has 0 radical (unpaired) electrons. The molecule has 0 aliphatic heterocycles. The van der Waals surface area contributed by atoms with Crippen molar-refractivity contribution in [1.82, 2.24) is 5.32 Å². The van der Waals surface area contributed by atoms with E-state index >= 15 is 0 Å². The summed E-state index contributed by atoms with van der Waals surface area (Å²) in [6.07, 6.45) is 2.15. The second-order valence-corrected chi connectivity index (χ2v) is 4.09. The fourth-order valence-corrected chi connectivity index (χ4v) is 1.58. The molecule has 0 bridgehead atoms. The largest absolute Gasteiger partial charge is 0.493 e. The van der Waals surface area contributed by atoms with Crippen LogP contribution in [0.5, 0.6) is 11.5 Å². The van der Waals surface area contributed by atoms with Crippen LogP contribution < -0.4 is 14.8 Å². The minimum absolute atomic E-state index is 0.149. The predicted molar refractivity (Wildman–Crippen MR) is 72.2 cm³/mol. The first kappa shape index (κ1) is 14.8. The summed E-state index contributed by atoms with van der Waals surface area (Å²) in [6.45, 7) is 4.30. The number of aliphatic hydroxyl groups excluding tert-OH is 1. The van der Waals surface area contributed by atoms with Gasteiger partial charge in [0.2, 0.25) is 0 Å². The first-order valence-electron chi connectivity index (χ1n) is 6.43. The Morgan fingerprint density at radius 2 is 2.11 bits per heavy atom. The van der Waals surface area contributed by atoms with Crippen molar-refractivity contribution in [3.8, 4) is 11.5 Å². The van der Waals surface area contributed by atoms with Crippen molar-refractivity contribution < 1.29 is 14.6 Å². The Morgan fingerprint density at radius 3 is 2.78 bits per heavy atom. The van der Waals surface area contributed by atoms with Crippen molar-refractivity contribution >= 4 is 0 Å². The van der Waals surface area contributed by atoms with E-state index in [1.165, 1.54) is 0 Å². The minimum atomic E-state index is 0.149. The SMILES string of the molecule is CCCCOc1cc(CNCCO)ccc1OC. The van der Waals surface area contributed by atoms with Crippen LogP contribution in [0.4, 0.5) is 0 Å². The van der Waals surface area contributed by atoms with Crippen LogP contribution in [-0.2, 0) is 6.54 Å². The highest BCUT2D eigenvalue weighted by atomic mass is 16.5. The number of nitrogens with one attached hydrogen (secondary N) is 1. The van der Waals surface area contributed by atoms with Crippen molar-refractivity contribution in [2.75, 3.05) is 26.9 Å². The highest BCUT2D eigenvalue weighted by Crippen LogP contribution is 2.28. The zero-order chi connectivity index (χ0) is 13.2. The Bertz CT molecular complexity index is 342. The Morgan fingerprint density at radius 1 is 1.28 bits per heavy atom. The van der Waals surface area contributed by atoms with Gasteiger partial charge in [-0.15, -0.1) is 0 Å². The Hall–Kier alpha value is -1.26. The van der Waals surface area contributed by atoms with E-state index in [1.807, 2.05) is 18.2 Å². The van der Waals surface area contributed by atoms with Gasteiger partial charge in [-0.25, -0.2) is 0 Å². The summed E-state index contributed by atoms with van der Waals surface area (Å²) < 4.78 is 11.0. The van der Waals surface area contributed by atoms with E-state index < -0.39 is 0 Å². The van der Waals surface area contributed by atoms with Crippen molar-refractivity contribution in [3.05, 3.63) is 23.8 Å². The van der Waals surface area contributed by atoms with Gasteiger partial charge in [-0.2, -0.15) is 0 Å². The molecule has 0 atom stereocenters. The zero-order valence-electron chi connectivity index (χ0n) is 11.2. The average Bonchev–Trinajstić information content (AvgIpc) is 2.40. The molecule has 0 amide bonds. The molecular weight excluding hydrogens is 230 g/mol. The van der Waals surface area contributed by atoms with Gasteiger partial charge in [0.1, 0.15) is 0 Å². The molecule has 1 aromatic carbocycles. The van der Waals surface area contributed by atoms with Gasteiger partial charge < -0.3 is 19.9 Å². The van der Waals surface area contributed by atoms with Crippen LogP contribution in [0, 0.1) is 0 Å². The zero-order valence-corrected chi connectivity index (χ0v) is 11.2. The van der Waals surface area contributed by atoms with Gasteiger partial charge in [-0.05, 0) is 24.1 Å². The van der Waals surface area contributed by atoms with Gasteiger partial charge >= 0.3 is 0 Å². The van der Waals surface area contributed by atoms with E-state index in [1.54, 1.807) is 7.11 Å². The summed E-state index contributed by atoms with van der Waals surface area (Å²) in [5.74, 6) is 1.55. The molecule has 1 rings (SSSR count). The number of ether oxygens (including phenoxy) is 2. The van der Waals surface area contributed by atoms with Gasteiger partial charge in [0.05, 0.1) is 20.3 Å². The van der Waals surface area contributed by atoms with Gasteiger partial charge in [0.25, 0.3) is 0 Å². The van der Waals surface area contributed by atoms with Crippen molar-refractivity contribution in [2.24, 2.45) is 0 Å². The fraction of sp³-hybridized carbons (Fsp3) is 0.571. The summed E-state index contributed by atoms with van der Waals surface area (Å²) in [7, 11) is 1.64. The topological polar surface area (TPSA) is 50.7 Å². The molecule has 0 unspecified atom stereocenters. The lowest BCUT2D eigenvalue weighted by Gasteiger charge is -2.12. The molecule has 0 aromatic heterocycles. The normalized spacial score (nSPS) is 10.4. The number of methoxy groups -OCH3 is 1. The van der Waals surface area contributed by atoms with Crippen molar-refractivity contribution in [3.63, 3.8) is 0 Å². The van der Waals surface area contributed by atoms with Crippen LogP contribution in [0.1, 0.15) is 25.3 Å². The molecule has 18 heavy (non-hydrogen) atoms. The molecule has 0 aliphatic carbocycles. The minimum Gasteiger partial charge on any atom is -0.493 e. The molecule has 4 heteroatoms. The maximum Gasteiger partial charge on any atom is 0.161 e. The predicted octanol–water partition coefficient (Wildman–Crippen LogP) is 1.96. The highest BCUT2D eigenvalue weighted by Gasteiger charge is 2.05. The van der Waals surface area contributed by atoms with Gasteiger partial charge in [-0.3, -0.25) is 0 Å². The van der Waals surface area contributed by atoms with Crippen molar-refractivity contribution in [2.45, 2.75) is 26.3 Å². The molecule has 0 fully saturated rings. The molecule has 0 aliphatic rings. The van der Waals surface area contributed by atoms with Gasteiger partial charge in [0, 0.05) is 13.1 Å². The first-order chi connectivity index (χ1) is 8.81. The lowest BCUT2D eigenvalue weighted by molar-refractivity contribution is 0.287. The van der Waals surface area contributed by atoms with Gasteiger partial charge in [-0.1, -0.05) is 19.4 Å². The third-order valence-corrected chi connectivity index (χ3v) is 2.60. The van der Waals surface area contributed by atoms with E-state index in [0.29, 0.717) is 19.7 Å². The summed E-state index contributed by atoms with van der Waals surface area (Å²) in [6, 6.07) is 5.89. The molecule has 0 saturated carbocycles. The number of aliphatic hydroxyl groups is 1. The molecule has 0 spiro atoms. The third kappa shape index (κ3) is 4.94. The lowest BCUT2D eigenvalue weighted by atomic mass is 10.2. The summed E-state index contributed by atoms with van der Waals surface area (Å²) >= 11 is 0. The Kier molecular flexibility index (Phi) is 7.22. The Labute approximate surface area is 109 Å². The number of hydrogen-bond donors (Lipinski definition) is 2. The fourth-order valence-electron chi connectivity index (χ4n) is 1.58. The van der Waals surface area contributed by atoms with E-state index in [9.17, 15) is 0 Å². The summed E-state index contributed by atoms with van der Waals surface area (Å²) in [5.41, 5.74) is 1.12. The Balaban J connectivity index is 2.62. The average molecular weight is 253 g/mol. The van der Waals surface area contributed by atoms with Crippen LogP contribution in [0.15, 0.2) is 18.2 Å². The highest BCUT2D eigenvalue weighted by molar-refractivity contribution is 5.42. The molecule has 0 saturated heterocycles. The van der Waals surface area contributed by atoms with Gasteiger partial charge in [0.15, 0.2) is 11.5 Å². The van der Waals surface area contributed by atoms with Crippen LogP contribution in [0.2, 0.25) is 0 Å².